The lowest BCUT2D eigenvalue weighted by atomic mass is 9.83. The number of urea groups is 1. The SMILES string of the molecule is CC(C)(C)C(=O)CN1C(=O)N(CC(=O)Nc2cccc(N3CCOCC3)c2)N=C(C2CCCCC2)c2ccccc21. The van der Waals surface area contributed by atoms with Gasteiger partial charge < -0.3 is 15.0 Å². The average molecular weight is 560 g/mol. The molecule has 0 aromatic heterocycles. The minimum atomic E-state index is -0.623. The number of hydrogen-bond donors (Lipinski definition) is 1. The predicted octanol–water partition coefficient (Wildman–Crippen LogP) is 5.30. The van der Waals surface area contributed by atoms with E-state index in [9.17, 15) is 14.4 Å². The maximum absolute atomic E-state index is 14.0. The Labute approximate surface area is 242 Å². The summed E-state index contributed by atoms with van der Waals surface area (Å²) in [6.45, 7) is 8.13. The molecule has 2 aliphatic heterocycles. The van der Waals surface area contributed by atoms with Crippen LogP contribution in [0.15, 0.2) is 53.6 Å². The Morgan fingerprint density at radius 2 is 1.71 bits per heavy atom. The minimum absolute atomic E-state index is 0.0638. The molecule has 1 N–H and O–H groups in total. The number of anilines is 3. The van der Waals surface area contributed by atoms with Gasteiger partial charge in [0.1, 0.15) is 6.54 Å². The number of carbonyl (C=O) groups is 3. The molecule has 3 amide bonds. The lowest BCUT2D eigenvalue weighted by Gasteiger charge is -2.29. The lowest BCUT2D eigenvalue weighted by Crippen LogP contribution is -2.47. The number of para-hydroxylation sites is 1. The average Bonchev–Trinajstić information content (AvgIpc) is 3.08. The van der Waals surface area contributed by atoms with Crippen molar-refractivity contribution in [3.05, 3.63) is 54.1 Å². The van der Waals surface area contributed by atoms with Crippen molar-refractivity contribution in [2.45, 2.75) is 52.9 Å². The normalized spacial score (nSPS) is 18.5. The zero-order valence-electron chi connectivity index (χ0n) is 24.4. The highest BCUT2D eigenvalue weighted by Crippen LogP contribution is 2.34. The standard InChI is InChI=1S/C32H41N5O4/c1-32(2,3)28(38)21-36-27-15-8-7-14-26(27)30(23-10-5-4-6-11-23)34-37(31(36)40)22-29(39)33-24-12-9-13-25(20-24)35-16-18-41-19-17-35/h7-9,12-15,20,23H,4-6,10-11,16-19,21-22H2,1-3H3,(H,33,39). The van der Waals surface area contributed by atoms with E-state index in [1.807, 2.05) is 69.3 Å². The summed E-state index contributed by atoms with van der Waals surface area (Å²) in [5.74, 6) is -0.227. The van der Waals surface area contributed by atoms with E-state index in [0.717, 1.165) is 55.7 Å². The molecule has 0 atom stereocenters. The predicted molar refractivity (Wildman–Crippen MR) is 162 cm³/mol. The number of hydrazone groups is 1. The van der Waals surface area contributed by atoms with Gasteiger partial charge in [-0.05, 0) is 37.1 Å². The zero-order valence-corrected chi connectivity index (χ0v) is 24.4. The Bertz CT molecular complexity index is 1310. The van der Waals surface area contributed by atoms with Gasteiger partial charge in [0, 0.05) is 41.4 Å². The summed E-state index contributed by atoms with van der Waals surface area (Å²) in [6.07, 6.45) is 5.36. The van der Waals surface area contributed by atoms with Gasteiger partial charge in [-0.2, -0.15) is 5.10 Å². The van der Waals surface area contributed by atoms with Gasteiger partial charge >= 0.3 is 6.03 Å². The molecule has 0 bridgehead atoms. The van der Waals surface area contributed by atoms with Crippen molar-refractivity contribution in [3.63, 3.8) is 0 Å². The summed E-state index contributed by atoms with van der Waals surface area (Å²) in [7, 11) is 0. The number of rotatable bonds is 7. The third kappa shape index (κ3) is 6.78. The molecule has 2 heterocycles. The van der Waals surface area contributed by atoms with E-state index in [0.29, 0.717) is 24.6 Å². The maximum Gasteiger partial charge on any atom is 0.345 e. The van der Waals surface area contributed by atoms with Gasteiger partial charge in [0.25, 0.3) is 0 Å². The van der Waals surface area contributed by atoms with Gasteiger partial charge in [0.05, 0.1) is 31.2 Å². The highest BCUT2D eigenvalue weighted by molar-refractivity contribution is 6.13. The number of nitrogens with one attached hydrogen (secondary N) is 1. The van der Waals surface area contributed by atoms with Crippen LogP contribution in [0.5, 0.6) is 0 Å². The number of ketones is 1. The van der Waals surface area contributed by atoms with E-state index >= 15 is 0 Å². The van der Waals surface area contributed by atoms with E-state index in [4.69, 9.17) is 9.84 Å². The maximum atomic E-state index is 14.0. The molecule has 2 aromatic carbocycles. The van der Waals surface area contributed by atoms with E-state index in [2.05, 4.69) is 10.2 Å². The van der Waals surface area contributed by atoms with Crippen molar-refractivity contribution in [2.24, 2.45) is 16.4 Å². The number of carbonyl (C=O) groups excluding carboxylic acids is 3. The number of fused-ring (bicyclic) bond motifs is 1. The van der Waals surface area contributed by atoms with E-state index < -0.39 is 11.4 Å². The number of ether oxygens (including phenoxy) is 1. The molecule has 2 aromatic rings. The van der Waals surface area contributed by atoms with Gasteiger partial charge in [-0.25, -0.2) is 9.80 Å². The fraction of sp³-hybridized carbons (Fsp3) is 0.500. The van der Waals surface area contributed by atoms with Crippen molar-refractivity contribution >= 4 is 40.5 Å². The fourth-order valence-electron chi connectivity index (χ4n) is 5.65. The second-order valence-corrected chi connectivity index (χ2v) is 12.1. The van der Waals surface area contributed by atoms with Crippen LogP contribution in [-0.2, 0) is 14.3 Å². The van der Waals surface area contributed by atoms with Crippen LogP contribution in [-0.4, -0.2) is 67.8 Å². The summed E-state index contributed by atoms with van der Waals surface area (Å²) < 4.78 is 5.46. The smallest absolute Gasteiger partial charge is 0.345 e. The number of amides is 3. The molecule has 41 heavy (non-hydrogen) atoms. The van der Waals surface area contributed by atoms with Crippen LogP contribution >= 0.6 is 0 Å². The minimum Gasteiger partial charge on any atom is -0.378 e. The fourth-order valence-corrected chi connectivity index (χ4v) is 5.65. The zero-order chi connectivity index (χ0) is 29.0. The molecule has 0 spiro atoms. The topological polar surface area (TPSA) is 94.5 Å². The Balaban J connectivity index is 1.43. The Hall–Kier alpha value is -3.72. The molecular formula is C32H41N5O4. The lowest BCUT2D eigenvalue weighted by molar-refractivity contribution is -0.124. The molecule has 1 saturated carbocycles. The van der Waals surface area contributed by atoms with Crippen LogP contribution in [0.25, 0.3) is 0 Å². The molecular weight excluding hydrogens is 518 g/mol. The van der Waals surface area contributed by atoms with Gasteiger partial charge in [-0.1, -0.05) is 64.3 Å². The van der Waals surface area contributed by atoms with Gasteiger partial charge in [-0.15, -0.1) is 0 Å². The summed E-state index contributed by atoms with van der Waals surface area (Å²) in [4.78, 5) is 44.3. The summed E-state index contributed by atoms with van der Waals surface area (Å²) in [5, 5.41) is 9.09. The first kappa shape index (κ1) is 28.8. The van der Waals surface area contributed by atoms with Crippen LogP contribution in [0.2, 0.25) is 0 Å². The molecule has 9 heteroatoms. The summed E-state index contributed by atoms with van der Waals surface area (Å²) >= 11 is 0. The molecule has 0 unspecified atom stereocenters. The number of morpholine rings is 1. The highest BCUT2D eigenvalue weighted by Gasteiger charge is 2.36. The van der Waals surface area contributed by atoms with Crippen molar-refractivity contribution in [1.82, 2.24) is 5.01 Å². The third-order valence-corrected chi connectivity index (χ3v) is 8.08. The van der Waals surface area contributed by atoms with Gasteiger partial charge in [0.2, 0.25) is 5.91 Å². The molecule has 0 radical (unpaired) electrons. The van der Waals surface area contributed by atoms with E-state index in [-0.39, 0.29) is 30.7 Å². The molecule has 1 saturated heterocycles. The van der Waals surface area contributed by atoms with Crippen molar-refractivity contribution in [3.8, 4) is 0 Å². The molecule has 5 rings (SSSR count). The van der Waals surface area contributed by atoms with Crippen LogP contribution in [0.1, 0.15) is 58.4 Å². The van der Waals surface area contributed by atoms with Gasteiger partial charge in [-0.3, -0.25) is 14.5 Å². The van der Waals surface area contributed by atoms with E-state index in [1.165, 1.54) is 16.3 Å². The quantitative estimate of drug-likeness (QED) is 0.497. The number of Topliss-reactive ketones (excluding diaryl/α,β-unsaturated/α-hetero) is 1. The largest absolute Gasteiger partial charge is 0.378 e. The van der Waals surface area contributed by atoms with Crippen LogP contribution in [0.3, 0.4) is 0 Å². The molecule has 1 aliphatic carbocycles. The van der Waals surface area contributed by atoms with Crippen LogP contribution in [0.4, 0.5) is 21.9 Å². The van der Waals surface area contributed by atoms with Crippen molar-refractivity contribution < 1.29 is 19.1 Å². The van der Waals surface area contributed by atoms with Gasteiger partial charge in [0.15, 0.2) is 5.78 Å². The first-order valence-corrected chi connectivity index (χ1v) is 14.7. The molecule has 218 valence electrons. The Kier molecular flexibility index (Phi) is 8.73. The van der Waals surface area contributed by atoms with Crippen molar-refractivity contribution in [2.75, 3.05) is 54.5 Å². The molecule has 2 fully saturated rings. The number of hydrogen-bond acceptors (Lipinski definition) is 6. The second-order valence-electron chi connectivity index (χ2n) is 12.1. The Morgan fingerprint density at radius 3 is 2.44 bits per heavy atom. The number of benzene rings is 2. The van der Waals surface area contributed by atoms with Crippen LogP contribution in [0, 0.1) is 11.3 Å². The summed E-state index contributed by atoms with van der Waals surface area (Å²) in [5.41, 5.74) is 3.39. The summed E-state index contributed by atoms with van der Waals surface area (Å²) in [6, 6.07) is 14.9. The molecule has 9 nitrogen and oxygen atoms in total. The monoisotopic (exact) mass is 559 g/mol. The number of nitrogens with zero attached hydrogens (tertiary/aromatic N) is 4. The van der Waals surface area contributed by atoms with Crippen molar-refractivity contribution in [1.29, 1.82) is 0 Å². The third-order valence-electron chi connectivity index (χ3n) is 8.08. The Morgan fingerprint density at radius 1 is 0.976 bits per heavy atom. The first-order chi connectivity index (χ1) is 19.7. The van der Waals surface area contributed by atoms with Crippen LogP contribution < -0.4 is 15.1 Å². The second kappa shape index (κ2) is 12.4. The van der Waals surface area contributed by atoms with E-state index in [1.54, 1.807) is 0 Å². The highest BCUT2D eigenvalue weighted by atomic mass is 16.5. The first-order valence-electron chi connectivity index (χ1n) is 14.7. The molecule has 3 aliphatic rings.